The number of carbonyl (C=O) groups is 2. The zero-order chi connectivity index (χ0) is 23.3. The second kappa shape index (κ2) is 10.0. The zero-order valence-electron chi connectivity index (χ0n) is 19.1. The number of hydrogen-bond donors (Lipinski definition) is 2. The number of ether oxygens (including phenoxy) is 4. The first kappa shape index (κ1) is 22.8. The van der Waals surface area contributed by atoms with Crippen LogP contribution in [0.4, 0.5) is 0 Å². The summed E-state index contributed by atoms with van der Waals surface area (Å²) < 4.78 is 21.8. The van der Waals surface area contributed by atoms with E-state index >= 15 is 0 Å². The van der Waals surface area contributed by atoms with Crippen molar-refractivity contribution >= 4 is 11.8 Å². The predicted octanol–water partition coefficient (Wildman–Crippen LogP) is 2.83. The minimum absolute atomic E-state index is 0.107. The Hall–Kier alpha value is -3.42. The first-order valence-corrected chi connectivity index (χ1v) is 11.2. The molecule has 0 unspecified atom stereocenters. The normalized spacial score (nSPS) is 16.1. The van der Waals surface area contributed by atoms with E-state index in [1.807, 2.05) is 12.1 Å². The van der Waals surface area contributed by atoms with Crippen LogP contribution in [0.2, 0.25) is 0 Å². The van der Waals surface area contributed by atoms with Crippen LogP contribution in [0.1, 0.15) is 41.6 Å². The Bertz CT molecular complexity index is 1020. The molecule has 0 bridgehead atoms. The van der Waals surface area contributed by atoms with Gasteiger partial charge in [0, 0.05) is 17.5 Å². The first-order valence-electron chi connectivity index (χ1n) is 11.2. The number of rotatable bonds is 8. The van der Waals surface area contributed by atoms with Crippen molar-refractivity contribution in [3.8, 4) is 23.0 Å². The van der Waals surface area contributed by atoms with Gasteiger partial charge in [-0.2, -0.15) is 0 Å². The fourth-order valence-electron chi connectivity index (χ4n) is 4.56. The van der Waals surface area contributed by atoms with Crippen LogP contribution < -0.4 is 29.6 Å². The van der Waals surface area contributed by atoms with Crippen molar-refractivity contribution in [2.75, 3.05) is 40.5 Å². The third-order valence-corrected chi connectivity index (χ3v) is 6.39. The van der Waals surface area contributed by atoms with E-state index in [-0.39, 0.29) is 23.8 Å². The van der Waals surface area contributed by atoms with Crippen LogP contribution in [-0.4, -0.2) is 52.3 Å². The Morgan fingerprint density at radius 1 is 0.909 bits per heavy atom. The molecule has 2 aliphatic rings. The van der Waals surface area contributed by atoms with Gasteiger partial charge in [-0.15, -0.1) is 0 Å². The van der Waals surface area contributed by atoms with E-state index in [9.17, 15) is 9.59 Å². The summed E-state index contributed by atoms with van der Waals surface area (Å²) in [7, 11) is 3.04. The molecular weight excluding hydrogens is 424 g/mol. The average Bonchev–Trinajstić information content (AvgIpc) is 3.35. The third-order valence-electron chi connectivity index (χ3n) is 6.39. The molecule has 4 rings (SSSR count). The van der Waals surface area contributed by atoms with Gasteiger partial charge in [-0.25, -0.2) is 0 Å². The van der Waals surface area contributed by atoms with Gasteiger partial charge in [-0.05, 0) is 48.7 Å². The predicted molar refractivity (Wildman–Crippen MR) is 122 cm³/mol. The van der Waals surface area contributed by atoms with E-state index in [0.717, 1.165) is 42.7 Å². The molecule has 0 aromatic heterocycles. The molecule has 2 aromatic carbocycles. The van der Waals surface area contributed by atoms with Crippen molar-refractivity contribution in [3.63, 3.8) is 0 Å². The van der Waals surface area contributed by atoms with Gasteiger partial charge in [0.1, 0.15) is 13.2 Å². The Labute approximate surface area is 193 Å². The van der Waals surface area contributed by atoms with Gasteiger partial charge in [0.05, 0.1) is 20.8 Å². The lowest BCUT2D eigenvalue weighted by Gasteiger charge is -2.31. The summed E-state index contributed by atoms with van der Waals surface area (Å²) in [6.45, 7) is 1.50. The maximum absolute atomic E-state index is 12.6. The summed E-state index contributed by atoms with van der Waals surface area (Å²) in [6.07, 6.45) is 4.20. The highest BCUT2D eigenvalue weighted by Crippen LogP contribution is 2.43. The second-order valence-corrected chi connectivity index (χ2v) is 8.38. The van der Waals surface area contributed by atoms with Crippen LogP contribution in [0.3, 0.4) is 0 Å². The molecule has 0 saturated heterocycles. The highest BCUT2D eigenvalue weighted by atomic mass is 16.6. The molecule has 33 heavy (non-hydrogen) atoms. The van der Waals surface area contributed by atoms with E-state index in [4.69, 9.17) is 18.9 Å². The van der Waals surface area contributed by atoms with Crippen LogP contribution in [0.5, 0.6) is 23.0 Å². The molecule has 2 N–H and O–H groups in total. The molecule has 0 atom stereocenters. The highest BCUT2D eigenvalue weighted by molar-refractivity contribution is 5.97. The third kappa shape index (κ3) is 4.99. The molecule has 1 aliphatic heterocycles. The fraction of sp³-hybridized carbons (Fsp3) is 0.440. The minimum atomic E-state index is -0.353. The van der Waals surface area contributed by atoms with Crippen LogP contribution in [-0.2, 0) is 10.2 Å². The van der Waals surface area contributed by atoms with Gasteiger partial charge in [0.2, 0.25) is 5.91 Å². The van der Waals surface area contributed by atoms with E-state index in [1.54, 1.807) is 18.2 Å². The number of amides is 2. The van der Waals surface area contributed by atoms with Crippen molar-refractivity contribution in [1.82, 2.24) is 10.6 Å². The molecule has 176 valence electrons. The van der Waals surface area contributed by atoms with Crippen LogP contribution in [0, 0.1) is 0 Å². The lowest BCUT2D eigenvalue weighted by atomic mass is 9.78. The number of benzene rings is 2. The van der Waals surface area contributed by atoms with E-state index in [0.29, 0.717) is 36.8 Å². The quantitative estimate of drug-likeness (QED) is 0.637. The maximum Gasteiger partial charge on any atom is 0.251 e. The number of fused-ring (bicyclic) bond motifs is 1. The average molecular weight is 455 g/mol. The topological polar surface area (TPSA) is 95.1 Å². The Balaban J connectivity index is 1.36. The molecule has 1 aliphatic carbocycles. The minimum Gasteiger partial charge on any atom is -0.493 e. The van der Waals surface area contributed by atoms with Gasteiger partial charge in [0.25, 0.3) is 5.91 Å². The van der Waals surface area contributed by atoms with Crippen LogP contribution in [0.25, 0.3) is 0 Å². The van der Waals surface area contributed by atoms with Gasteiger partial charge in [-0.1, -0.05) is 18.9 Å². The molecule has 1 fully saturated rings. The van der Waals surface area contributed by atoms with E-state index < -0.39 is 0 Å². The first-order chi connectivity index (χ1) is 16.0. The lowest BCUT2D eigenvalue weighted by Crippen LogP contribution is -2.43. The van der Waals surface area contributed by atoms with Crippen molar-refractivity contribution in [2.45, 2.75) is 31.1 Å². The van der Waals surface area contributed by atoms with Gasteiger partial charge in [-0.3, -0.25) is 9.59 Å². The Morgan fingerprint density at radius 2 is 1.64 bits per heavy atom. The van der Waals surface area contributed by atoms with Crippen molar-refractivity contribution < 1.29 is 28.5 Å². The molecule has 0 radical (unpaired) electrons. The zero-order valence-corrected chi connectivity index (χ0v) is 19.1. The lowest BCUT2D eigenvalue weighted by molar-refractivity contribution is -0.120. The van der Waals surface area contributed by atoms with Crippen LogP contribution >= 0.6 is 0 Å². The van der Waals surface area contributed by atoms with E-state index in [1.165, 1.54) is 14.2 Å². The standard InChI is InChI=1S/C25H30N2O6/c1-30-19-7-5-17(13-21(19)31-2)24(29)26-15-23(28)27-16-25(9-3-4-10-25)18-6-8-20-22(14-18)33-12-11-32-20/h5-8,13-14H,3-4,9-12,15-16H2,1-2H3,(H,26,29)(H,27,28). The second-order valence-electron chi connectivity index (χ2n) is 8.38. The summed E-state index contributed by atoms with van der Waals surface area (Å²) in [6, 6.07) is 10.9. The number of methoxy groups -OCH3 is 2. The number of hydrogen-bond acceptors (Lipinski definition) is 6. The summed E-state index contributed by atoms with van der Waals surface area (Å²) >= 11 is 0. The summed E-state index contributed by atoms with van der Waals surface area (Å²) in [5, 5.41) is 5.69. The SMILES string of the molecule is COc1ccc(C(=O)NCC(=O)NCC2(c3ccc4c(c3)OCCO4)CCCC2)cc1OC. The van der Waals surface area contributed by atoms with Gasteiger partial charge < -0.3 is 29.6 Å². The van der Waals surface area contributed by atoms with E-state index in [2.05, 4.69) is 16.7 Å². The molecular formula is C25H30N2O6. The molecule has 1 saturated carbocycles. The Morgan fingerprint density at radius 3 is 2.36 bits per heavy atom. The van der Waals surface area contributed by atoms with Crippen LogP contribution in [0.15, 0.2) is 36.4 Å². The largest absolute Gasteiger partial charge is 0.493 e. The Kier molecular flexibility index (Phi) is 6.91. The summed E-state index contributed by atoms with van der Waals surface area (Å²) in [5.74, 6) is 1.93. The highest BCUT2D eigenvalue weighted by Gasteiger charge is 2.36. The molecule has 8 nitrogen and oxygen atoms in total. The number of carbonyl (C=O) groups excluding carboxylic acids is 2. The van der Waals surface area contributed by atoms with Crippen molar-refractivity contribution in [2.24, 2.45) is 0 Å². The van der Waals surface area contributed by atoms with Gasteiger partial charge >= 0.3 is 0 Å². The van der Waals surface area contributed by atoms with Gasteiger partial charge in [0.15, 0.2) is 23.0 Å². The molecule has 2 aromatic rings. The molecule has 0 spiro atoms. The molecule has 2 amide bonds. The molecule has 1 heterocycles. The van der Waals surface area contributed by atoms with Crippen molar-refractivity contribution in [3.05, 3.63) is 47.5 Å². The summed E-state index contributed by atoms with van der Waals surface area (Å²) in [4.78, 5) is 25.0. The summed E-state index contributed by atoms with van der Waals surface area (Å²) in [5.41, 5.74) is 1.40. The smallest absolute Gasteiger partial charge is 0.251 e. The maximum atomic E-state index is 12.6. The molecule has 8 heteroatoms. The monoisotopic (exact) mass is 454 g/mol. The van der Waals surface area contributed by atoms with Crippen molar-refractivity contribution in [1.29, 1.82) is 0 Å². The fourth-order valence-corrected chi connectivity index (χ4v) is 4.56. The number of nitrogens with one attached hydrogen (secondary N) is 2.